The second-order valence-electron chi connectivity index (χ2n) is 3.20. The van der Waals surface area contributed by atoms with Gasteiger partial charge in [0.25, 0.3) is 0 Å². The van der Waals surface area contributed by atoms with Crippen molar-refractivity contribution in [1.82, 2.24) is 0 Å². The molecule has 0 aliphatic rings. The second-order valence-corrected chi connectivity index (χ2v) is 3.20. The Morgan fingerprint density at radius 2 is 1.92 bits per heavy atom. The van der Waals surface area contributed by atoms with E-state index in [1.54, 1.807) is 6.07 Å². The number of hydrogen-bond acceptors (Lipinski definition) is 1. The van der Waals surface area contributed by atoms with Crippen molar-refractivity contribution in [2.45, 2.75) is 13.8 Å². The summed E-state index contributed by atoms with van der Waals surface area (Å²) < 4.78 is 0. The number of hydrogen-bond donors (Lipinski definition) is 1. The highest BCUT2D eigenvalue weighted by molar-refractivity contribution is 5.69. The normalized spacial score (nSPS) is 10.2. The molecule has 0 radical (unpaired) electrons. The van der Waals surface area contributed by atoms with Crippen LogP contribution in [0.2, 0.25) is 0 Å². The van der Waals surface area contributed by atoms with Crippen LogP contribution >= 0.6 is 0 Å². The average molecular weight is 162 g/mol. The maximum absolute atomic E-state index is 9.47. The van der Waals surface area contributed by atoms with E-state index in [2.05, 4.69) is 20.4 Å². The van der Waals surface area contributed by atoms with Gasteiger partial charge in [-0.2, -0.15) is 0 Å². The Kier molecular flexibility index (Phi) is 2.54. The minimum atomic E-state index is 0.316. The van der Waals surface area contributed by atoms with Gasteiger partial charge in [0.05, 0.1) is 0 Å². The molecule has 0 saturated heterocycles. The largest absolute Gasteiger partial charge is 0.507 e. The molecule has 0 amide bonds. The SMILES string of the molecule is C=C(c1ccccc1O)C(C)C. The predicted octanol–water partition coefficient (Wildman–Crippen LogP) is 3.06. The third-order valence-electron chi connectivity index (χ3n) is 1.95. The van der Waals surface area contributed by atoms with E-state index in [1.807, 2.05) is 18.2 Å². The first kappa shape index (κ1) is 8.85. The number of phenolic OH excluding ortho intramolecular Hbond substituents is 1. The first-order chi connectivity index (χ1) is 5.63. The van der Waals surface area contributed by atoms with Gasteiger partial charge in [-0.1, -0.05) is 38.6 Å². The molecule has 1 nitrogen and oxygen atoms in total. The lowest BCUT2D eigenvalue weighted by Crippen LogP contribution is -1.91. The lowest BCUT2D eigenvalue weighted by atomic mass is 9.96. The standard InChI is InChI=1S/C11H14O/c1-8(2)9(3)10-6-4-5-7-11(10)12/h4-8,12H,3H2,1-2H3. The van der Waals surface area contributed by atoms with Crippen LogP contribution < -0.4 is 0 Å². The van der Waals surface area contributed by atoms with Crippen LogP contribution in [0, 0.1) is 5.92 Å². The van der Waals surface area contributed by atoms with Crippen molar-refractivity contribution in [3.05, 3.63) is 36.4 Å². The molecular weight excluding hydrogens is 148 g/mol. The molecule has 0 aliphatic carbocycles. The van der Waals surface area contributed by atoms with Gasteiger partial charge in [-0.05, 0) is 17.6 Å². The number of benzene rings is 1. The summed E-state index contributed by atoms with van der Waals surface area (Å²) in [6.07, 6.45) is 0. The molecule has 0 bridgehead atoms. The van der Waals surface area contributed by atoms with E-state index in [0.717, 1.165) is 11.1 Å². The summed E-state index contributed by atoms with van der Waals surface area (Å²) in [5, 5.41) is 9.47. The quantitative estimate of drug-likeness (QED) is 0.708. The van der Waals surface area contributed by atoms with E-state index in [1.165, 1.54) is 0 Å². The highest BCUT2D eigenvalue weighted by atomic mass is 16.3. The zero-order valence-corrected chi connectivity index (χ0v) is 7.54. The molecule has 64 valence electrons. The van der Waals surface area contributed by atoms with Crippen molar-refractivity contribution >= 4 is 5.57 Å². The minimum Gasteiger partial charge on any atom is -0.507 e. The Hall–Kier alpha value is -1.24. The molecule has 0 aromatic heterocycles. The van der Waals surface area contributed by atoms with Crippen molar-refractivity contribution in [2.75, 3.05) is 0 Å². The molecule has 0 spiro atoms. The average Bonchev–Trinajstić information content (AvgIpc) is 2.04. The highest BCUT2D eigenvalue weighted by Crippen LogP contribution is 2.27. The number of phenols is 1. The van der Waals surface area contributed by atoms with Gasteiger partial charge in [0.1, 0.15) is 5.75 Å². The van der Waals surface area contributed by atoms with Gasteiger partial charge in [0.2, 0.25) is 0 Å². The summed E-state index contributed by atoms with van der Waals surface area (Å²) in [5.74, 6) is 0.689. The molecule has 1 aromatic carbocycles. The van der Waals surface area contributed by atoms with Crippen LogP contribution in [0.4, 0.5) is 0 Å². The van der Waals surface area contributed by atoms with Crippen molar-refractivity contribution in [3.63, 3.8) is 0 Å². The molecule has 1 N–H and O–H groups in total. The van der Waals surface area contributed by atoms with E-state index in [4.69, 9.17) is 0 Å². The highest BCUT2D eigenvalue weighted by Gasteiger charge is 2.06. The summed E-state index contributed by atoms with van der Waals surface area (Å²) in [4.78, 5) is 0. The number of rotatable bonds is 2. The molecular formula is C11H14O. The zero-order chi connectivity index (χ0) is 9.14. The van der Waals surface area contributed by atoms with Crippen LogP contribution in [0.15, 0.2) is 30.8 Å². The number of para-hydroxylation sites is 1. The van der Waals surface area contributed by atoms with Gasteiger partial charge >= 0.3 is 0 Å². The Balaban J connectivity index is 3.03. The van der Waals surface area contributed by atoms with Gasteiger partial charge in [-0.25, -0.2) is 0 Å². The Labute approximate surface area is 73.4 Å². The fourth-order valence-corrected chi connectivity index (χ4v) is 1.06. The van der Waals surface area contributed by atoms with Crippen molar-refractivity contribution in [1.29, 1.82) is 0 Å². The van der Waals surface area contributed by atoms with Gasteiger partial charge < -0.3 is 5.11 Å². The van der Waals surface area contributed by atoms with E-state index >= 15 is 0 Å². The summed E-state index contributed by atoms with van der Waals surface area (Å²) in [6, 6.07) is 7.29. The molecule has 0 saturated carbocycles. The summed E-state index contributed by atoms with van der Waals surface area (Å²) in [6.45, 7) is 8.05. The first-order valence-corrected chi connectivity index (χ1v) is 4.10. The third-order valence-corrected chi connectivity index (χ3v) is 1.95. The van der Waals surface area contributed by atoms with Gasteiger partial charge in [0, 0.05) is 5.56 Å². The molecule has 0 atom stereocenters. The third kappa shape index (κ3) is 1.67. The van der Waals surface area contributed by atoms with E-state index in [9.17, 15) is 5.11 Å². The lowest BCUT2D eigenvalue weighted by Gasteiger charge is -2.10. The topological polar surface area (TPSA) is 20.2 Å². The smallest absolute Gasteiger partial charge is 0.123 e. The van der Waals surface area contributed by atoms with Crippen molar-refractivity contribution in [3.8, 4) is 5.75 Å². The molecule has 1 aromatic rings. The summed E-state index contributed by atoms with van der Waals surface area (Å²) >= 11 is 0. The van der Waals surface area contributed by atoms with Gasteiger partial charge in [-0.15, -0.1) is 0 Å². The Bertz CT molecular complexity index is 287. The van der Waals surface area contributed by atoms with E-state index in [-0.39, 0.29) is 0 Å². The molecule has 0 unspecified atom stereocenters. The summed E-state index contributed by atoms with van der Waals surface area (Å²) in [5.41, 5.74) is 1.83. The number of allylic oxidation sites excluding steroid dienone is 1. The number of aromatic hydroxyl groups is 1. The molecule has 0 heterocycles. The Morgan fingerprint density at radius 3 is 2.42 bits per heavy atom. The molecule has 1 heteroatoms. The van der Waals surface area contributed by atoms with E-state index in [0.29, 0.717) is 11.7 Å². The fourth-order valence-electron chi connectivity index (χ4n) is 1.06. The van der Waals surface area contributed by atoms with Gasteiger partial charge in [0.15, 0.2) is 0 Å². The van der Waals surface area contributed by atoms with Crippen LogP contribution in [0.5, 0.6) is 5.75 Å². The predicted molar refractivity (Wildman–Crippen MR) is 52.0 cm³/mol. The van der Waals surface area contributed by atoms with Gasteiger partial charge in [-0.3, -0.25) is 0 Å². The first-order valence-electron chi connectivity index (χ1n) is 4.10. The van der Waals surface area contributed by atoms with Crippen LogP contribution in [0.25, 0.3) is 5.57 Å². The lowest BCUT2D eigenvalue weighted by molar-refractivity contribution is 0.473. The molecule has 0 fully saturated rings. The van der Waals surface area contributed by atoms with E-state index < -0.39 is 0 Å². The summed E-state index contributed by atoms with van der Waals surface area (Å²) in [7, 11) is 0. The van der Waals surface area contributed by atoms with Crippen LogP contribution in [-0.4, -0.2) is 5.11 Å². The maximum atomic E-state index is 9.47. The van der Waals surface area contributed by atoms with Crippen LogP contribution in [0.3, 0.4) is 0 Å². The fraction of sp³-hybridized carbons (Fsp3) is 0.273. The Morgan fingerprint density at radius 1 is 1.33 bits per heavy atom. The monoisotopic (exact) mass is 162 g/mol. The van der Waals surface area contributed by atoms with Crippen LogP contribution in [-0.2, 0) is 0 Å². The van der Waals surface area contributed by atoms with Crippen molar-refractivity contribution < 1.29 is 5.11 Å². The molecule has 0 aliphatic heterocycles. The maximum Gasteiger partial charge on any atom is 0.123 e. The van der Waals surface area contributed by atoms with Crippen LogP contribution in [0.1, 0.15) is 19.4 Å². The molecule has 12 heavy (non-hydrogen) atoms. The minimum absolute atomic E-state index is 0.316. The molecule has 1 rings (SSSR count). The second kappa shape index (κ2) is 3.44. The van der Waals surface area contributed by atoms with Crippen molar-refractivity contribution in [2.24, 2.45) is 5.92 Å². The zero-order valence-electron chi connectivity index (χ0n) is 7.54.